The van der Waals surface area contributed by atoms with Gasteiger partial charge >= 0.3 is 5.97 Å². The third kappa shape index (κ3) is 5.29. The van der Waals surface area contributed by atoms with E-state index >= 15 is 0 Å². The molecule has 0 aliphatic heterocycles. The van der Waals surface area contributed by atoms with Crippen LogP contribution in [0.5, 0.6) is 0 Å². The van der Waals surface area contributed by atoms with Gasteiger partial charge in [0, 0.05) is 13.0 Å². The summed E-state index contributed by atoms with van der Waals surface area (Å²) in [5.41, 5.74) is 1.25. The van der Waals surface area contributed by atoms with Gasteiger partial charge in [-0.15, -0.1) is 0 Å². The van der Waals surface area contributed by atoms with E-state index in [0.29, 0.717) is 6.54 Å². The first-order valence-electron chi connectivity index (χ1n) is 6.08. The SMILES string of the molecule is CC(=O)OC(O)CN(C)C(C)Cc1ccccc1. The van der Waals surface area contributed by atoms with Crippen LogP contribution in [0.25, 0.3) is 0 Å². The first-order chi connectivity index (χ1) is 8.49. The minimum absolute atomic E-state index is 0.262. The molecule has 0 heterocycles. The lowest BCUT2D eigenvalue weighted by atomic mass is 10.1. The van der Waals surface area contributed by atoms with Gasteiger partial charge in [-0.05, 0) is 26.0 Å². The fourth-order valence-corrected chi connectivity index (χ4v) is 1.77. The summed E-state index contributed by atoms with van der Waals surface area (Å²) in [7, 11) is 1.90. The summed E-state index contributed by atoms with van der Waals surface area (Å²) in [6, 6.07) is 10.4. The van der Waals surface area contributed by atoms with E-state index in [1.165, 1.54) is 12.5 Å². The third-order valence-corrected chi connectivity index (χ3v) is 2.87. The van der Waals surface area contributed by atoms with E-state index in [2.05, 4.69) is 19.1 Å². The average Bonchev–Trinajstić information content (AvgIpc) is 2.28. The Hall–Kier alpha value is -1.39. The van der Waals surface area contributed by atoms with Crippen molar-refractivity contribution in [1.82, 2.24) is 4.90 Å². The first kappa shape index (κ1) is 14.7. The summed E-state index contributed by atoms with van der Waals surface area (Å²) >= 11 is 0. The van der Waals surface area contributed by atoms with Gasteiger partial charge in [0.25, 0.3) is 0 Å². The van der Waals surface area contributed by atoms with Crippen molar-refractivity contribution < 1.29 is 14.6 Å². The van der Waals surface area contributed by atoms with Gasteiger partial charge in [0.1, 0.15) is 0 Å². The van der Waals surface area contributed by atoms with Crippen LogP contribution in [0, 0.1) is 0 Å². The molecule has 0 spiro atoms. The number of esters is 1. The van der Waals surface area contributed by atoms with E-state index in [1.54, 1.807) is 0 Å². The van der Waals surface area contributed by atoms with Gasteiger partial charge in [-0.3, -0.25) is 9.69 Å². The van der Waals surface area contributed by atoms with Crippen molar-refractivity contribution in [1.29, 1.82) is 0 Å². The van der Waals surface area contributed by atoms with Gasteiger partial charge in [-0.25, -0.2) is 0 Å². The molecule has 0 saturated carbocycles. The van der Waals surface area contributed by atoms with E-state index in [1.807, 2.05) is 30.1 Å². The molecule has 4 heteroatoms. The minimum Gasteiger partial charge on any atom is -0.435 e. The molecule has 0 bridgehead atoms. The predicted molar refractivity (Wildman–Crippen MR) is 70.0 cm³/mol. The first-order valence-corrected chi connectivity index (χ1v) is 6.08. The highest BCUT2D eigenvalue weighted by Crippen LogP contribution is 2.08. The Balaban J connectivity index is 2.41. The Kier molecular flexibility index (Phi) is 5.82. The number of rotatable bonds is 6. The largest absolute Gasteiger partial charge is 0.435 e. The molecule has 1 aromatic carbocycles. The predicted octanol–water partition coefficient (Wildman–Crippen LogP) is 1.43. The molecule has 0 amide bonds. The molecule has 1 N–H and O–H groups in total. The van der Waals surface area contributed by atoms with Crippen LogP contribution >= 0.6 is 0 Å². The van der Waals surface area contributed by atoms with Crippen LogP contribution in [0.2, 0.25) is 0 Å². The van der Waals surface area contributed by atoms with Crippen LogP contribution < -0.4 is 0 Å². The van der Waals surface area contributed by atoms with Crippen LogP contribution in [0.15, 0.2) is 30.3 Å². The Labute approximate surface area is 108 Å². The van der Waals surface area contributed by atoms with Crippen molar-refractivity contribution in [2.45, 2.75) is 32.6 Å². The molecule has 100 valence electrons. The van der Waals surface area contributed by atoms with Crippen molar-refractivity contribution in [3.63, 3.8) is 0 Å². The number of hydrogen-bond donors (Lipinski definition) is 1. The molecule has 0 aliphatic rings. The summed E-state index contributed by atoms with van der Waals surface area (Å²) in [5.74, 6) is -0.466. The molecule has 0 saturated heterocycles. The molecule has 0 radical (unpaired) electrons. The molecule has 0 fully saturated rings. The van der Waals surface area contributed by atoms with Crippen molar-refractivity contribution >= 4 is 5.97 Å². The minimum atomic E-state index is -1.06. The molecule has 0 aromatic heterocycles. The van der Waals surface area contributed by atoms with E-state index in [0.717, 1.165) is 6.42 Å². The van der Waals surface area contributed by atoms with Gasteiger partial charge in [-0.1, -0.05) is 30.3 Å². The zero-order chi connectivity index (χ0) is 13.5. The topological polar surface area (TPSA) is 49.8 Å². The van der Waals surface area contributed by atoms with Crippen molar-refractivity contribution in [2.24, 2.45) is 0 Å². The van der Waals surface area contributed by atoms with Gasteiger partial charge in [0.15, 0.2) is 0 Å². The summed E-state index contributed by atoms with van der Waals surface area (Å²) in [5, 5.41) is 9.52. The van der Waals surface area contributed by atoms with E-state index in [-0.39, 0.29) is 6.04 Å². The van der Waals surface area contributed by atoms with Gasteiger partial charge in [-0.2, -0.15) is 0 Å². The monoisotopic (exact) mass is 251 g/mol. The maximum absolute atomic E-state index is 10.7. The molecule has 0 aliphatic carbocycles. The van der Waals surface area contributed by atoms with Crippen molar-refractivity contribution in [3.05, 3.63) is 35.9 Å². The number of aliphatic hydroxyl groups excluding tert-OH is 1. The summed E-state index contributed by atoms with van der Waals surface area (Å²) in [4.78, 5) is 12.7. The number of carbonyl (C=O) groups is 1. The molecular formula is C14H21NO3. The van der Waals surface area contributed by atoms with Crippen LogP contribution in [0.4, 0.5) is 0 Å². The Morgan fingerprint density at radius 3 is 2.56 bits per heavy atom. The molecule has 2 atom stereocenters. The molecule has 18 heavy (non-hydrogen) atoms. The number of hydrogen-bond acceptors (Lipinski definition) is 4. The van der Waals surface area contributed by atoms with Crippen LogP contribution in [-0.4, -0.2) is 41.9 Å². The fourth-order valence-electron chi connectivity index (χ4n) is 1.77. The lowest BCUT2D eigenvalue weighted by Crippen LogP contribution is -2.38. The molecule has 1 rings (SSSR count). The maximum Gasteiger partial charge on any atom is 0.304 e. The molecule has 4 nitrogen and oxygen atoms in total. The number of aliphatic hydroxyl groups is 1. The van der Waals surface area contributed by atoms with Crippen LogP contribution in [0.1, 0.15) is 19.4 Å². The summed E-state index contributed by atoms with van der Waals surface area (Å²) < 4.78 is 4.70. The highest BCUT2D eigenvalue weighted by Gasteiger charge is 2.15. The van der Waals surface area contributed by atoms with Crippen molar-refractivity contribution in [2.75, 3.05) is 13.6 Å². The highest BCUT2D eigenvalue weighted by atomic mass is 16.6. The molecular weight excluding hydrogens is 230 g/mol. The van der Waals surface area contributed by atoms with Crippen molar-refractivity contribution in [3.8, 4) is 0 Å². The number of ether oxygens (including phenoxy) is 1. The zero-order valence-corrected chi connectivity index (χ0v) is 11.2. The molecule has 2 unspecified atom stereocenters. The Morgan fingerprint density at radius 2 is 2.00 bits per heavy atom. The maximum atomic E-state index is 10.7. The quantitative estimate of drug-likeness (QED) is 0.614. The van der Waals surface area contributed by atoms with Crippen LogP contribution in [0.3, 0.4) is 0 Å². The fraction of sp³-hybridized carbons (Fsp3) is 0.500. The second-order valence-corrected chi connectivity index (χ2v) is 4.54. The average molecular weight is 251 g/mol. The standard InChI is InChI=1S/C14H21NO3/c1-11(9-13-7-5-4-6-8-13)15(3)10-14(17)18-12(2)16/h4-8,11,14,17H,9-10H2,1-3H3. The Bertz CT molecular complexity index is 367. The summed E-state index contributed by atoms with van der Waals surface area (Å²) in [6.45, 7) is 3.68. The lowest BCUT2D eigenvalue weighted by molar-refractivity contribution is -0.167. The summed E-state index contributed by atoms with van der Waals surface area (Å²) in [6.07, 6.45) is -0.171. The second kappa shape index (κ2) is 7.13. The third-order valence-electron chi connectivity index (χ3n) is 2.87. The van der Waals surface area contributed by atoms with E-state index in [9.17, 15) is 9.90 Å². The lowest BCUT2D eigenvalue weighted by Gasteiger charge is -2.26. The number of benzene rings is 1. The van der Waals surface area contributed by atoms with Gasteiger partial charge in [0.2, 0.25) is 6.29 Å². The normalized spacial score (nSPS) is 14.3. The molecule has 1 aromatic rings. The van der Waals surface area contributed by atoms with Crippen LogP contribution in [-0.2, 0) is 16.0 Å². The number of likely N-dealkylation sites (N-methyl/N-ethyl adjacent to an activating group) is 1. The second-order valence-electron chi connectivity index (χ2n) is 4.54. The van der Waals surface area contributed by atoms with Gasteiger partial charge < -0.3 is 9.84 Å². The smallest absolute Gasteiger partial charge is 0.304 e. The Morgan fingerprint density at radius 1 is 1.39 bits per heavy atom. The zero-order valence-electron chi connectivity index (χ0n) is 11.2. The van der Waals surface area contributed by atoms with E-state index in [4.69, 9.17) is 4.74 Å². The number of nitrogens with zero attached hydrogens (tertiary/aromatic N) is 1. The van der Waals surface area contributed by atoms with E-state index < -0.39 is 12.3 Å². The highest BCUT2D eigenvalue weighted by molar-refractivity contribution is 5.66. The number of carbonyl (C=O) groups excluding carboxylic acids is 1. The van der Waals surface area contributed by atoms with Gasteiger partial charge in [0.05, 0.1) is 6.54 Å².